The van der Waals surface area contributed by atoms with E-state index in [9.17, 15) is 8.42 Å². The van der Waals surface area contributed by atoms with Gasteiger partial charge in [-0.3, -0.25) is 4.72 Å². The number of fused-ring (bicyclic) bond motifs is 1. The van der Waals surface area contributed by atoms with Crippen molar-refractivity contribution in [1.82, 2.24) is 0 Å². The minimum Gasteiger partial charge on any atom is -0.385 e. The number of rotatable bonds is 5. The Morgan fingerprint density at radius 1 is 1.37 bits per heavy atom. The van der Waals surface area contributed by atoms with Gasteiger partial charge < -0.3 is 5.32 Å². The summed E-state index contributed by atoms with van der Waals surface area (Å²) in [6, 6.07) is 5.73. The van der Waals surface area contributed by atoms with Crippen molar-refractivity contribution in [3.05, 3.63) is 23.8 Å². The molecule has 106 valence electrons. The van der Waals surface area contributed by atoms with Gasteiger partial charge in [0.05, 0.1) is 11.4 Å². The summed E-state index contributed by atoms with van der Waals surface area (Å²) in [7, 11) is -3.24. The summed E-state index contributed by atoms with van der Waals surface area (Å²) >= 11 is 0. The van der Waals surface area contributed by atoms with E-state index in [4.69, 9.17) is 0 Å². The third-order valence-corrected chi connectivity index (χ3v) is 4.63. The van der Waals surface area contributed by atoms with Gasteiger partial charge in [-0.05, 0) is 42.9 Å². The minimum absolute atomic E-state index is 0.182. The third-order valence-electron chi connectivity index (χ3n) is 3.32. The largest absolute Gasteiger partial charge is 0.385 e. The molecule has 0 bridgehead atoms. The first-order valence-electron chi connectivity index (χ1n) is 6.84. The molecule has 0 saturated carbocycles. The summed E-state index contributed by atoms with van der Waals surface area (Å²) in [5.41, 5.74) is 2.87. The highest BCUT2D eigenvalue weighted by Crippen LogP contribution is 2.29. The van der Waals surface area contributed by atoms with Crippen molar-refractivity contribution in [1.29, 1.82) is 0 Å². The van der Waals surface area contributed by atoms with Gasteiger partial charge in [-0.15, -0.1) is 0 Å². The van der Waals surface area contributed by atoms with Crippen molar-refractivity contribution in [3.63, 3.8) is 0 Å². The highest BCUT2D eigenvalue weighted by molar-refractivity contribution is 7.92. The Morgan fingerprint density at radius 2 is 2.16 bits per heavy atom. The molecule has 0 atom stereocenters. The van der Waals surface area contributed by atoms with Gasteiger partial charge in [0, 0.05) is 12.2 Å². The average Bonchev–Trinajstić information content (AvgIpc) is 2.37. The summed E-state index contributed by atoms with van der Waals surface area (Å²) in [6.45, 7) is 5.02. The number of hydrogen-bond acceptors (Lipinski definition) is 3. The van der Waals surface area contributed by atoms with Crippen molar-refractivity contribution >= 4 is 21.4 Å². The van der Waals surface area contributed by atoms with E-state index in [1.54, 1.807) is 0 Å². The van der Waals surface area contributed by atoms with Crippen molar-refractivity contribution in [2.75, 3.05) is 22.3 Å². The summed E-state index contributed by atoms with van der Waals surface area (Å²) in [6.07, 6.45) is 2.64. The summed E-state index contributed by atoms with van der Waals surface area (Å²) < 4.78 is 26.9. The van der Waals surface area contributed by atoms with Gasteiger partial charge in [0.15, 0.2) is 0 Å². The molecule has 0 saturated heterocycles. The topological polar surface area (TPSA) is 58.2 Å². The lowest BCUT2D eigenvalue weighted by atomic mass is 10.0. The maximum Gasteiger partial charge on any atom is 0.232 e. The molecule has 1 aromatic carbocycles. The molecule has 0 radical (unpaired) electrons. The highest BCUT2D eigenvalue weighted by Gasteiger charge is 2.17. The molecule has 0 spiro atoms. The SMILES string of the molecule is CC(C)CCS(=O)(=O)Nc1cccc2c1CCCN2. The van der Waals surface area contributed by atoms with E-state index in [0.29, 0.717) is 12.3 Å². The Balaban J connectivity index is 2.15. The van der Waals surface area contributed by atoms with Crippen LogP contribution in [0.2, 0.25) is 0 Å². The molecule has 19 heavy (non-hydrogen) atoms. The Bertz CT molecular complexity index is 538. The number of nitrogens with one attached hydrogen (secondary N) is 2. The Kier molecular flexibility index (Phi) is 4.34. The zero-order valence-electron chi connectivity index (χ0n) is 11.6. The molecule has 1 aliphatic heterocycles. The van der Waals surface area contributed by atoms with E-state index in [1.807, 2.05) is 32.0 Å². The fraction of sp³-hybridized carbons (Fsp3) is 0.571. The van der Waals surface area contributed by atoms with Crippen molar-refractivity contribution < 1.29 is 8.42 Å². The first-order valence-corrected chi connectivity index (χ1v) is 8.49. The molecule has 5 heteroatoms. The van der Waals surface area contributed by atoms with Crippen molar-refractivity contribution in [2.24, 2.45) is 5.92 Å². The highest BCUT2D eigenvalue weighted by atomic mass is 32.2. The van der Waals surface area contributed by atoms with Crippen LogP contribution in [-0.2, 0) is 16.4 Å². The van der Waals surface area contributed by atoms with Crippen molar-refractivity contribution in [2.45, 2.75) is 33.1 Å². The number of anilines is 2. The van der Waals surface area contributed by atoms with E-state index < -0.39 is 10.0 Å². The molecule has 0 aliphatic carbocycles. The van der Waals surface area contributed by atoms with E-state index in [2.05, 4.69) is 10.0 Å². The van der Waals surface area contributed by atoms with Crippen LogP contribution < -0.4 is 10.0 Å². The van der Waals surface area contributed by atoms with Gasteiger partial charge >= 0.3 is 0 Å². The van der Waals surface area contributed by atoms with Crippen LogP contribution in [0.4, 0.5) is 11.4 Å². The summed E-state index contributed by atoms with van der Waals surface area (Å²) in [4.78, 5) is 0. The van der Waals surface area contributed by atoms with Gasteiger partial charge in [0.2, 0.25) is 10.0 Å². The summed E-state index contributed by atoms with van der Waals surface area (Å²) in [5, 5.41) is 3.30. The minimum atomic E-state index is -3.24. The molecule has 1 aliphatic rings. The molecule has 0 fully saturated rings. The molecule has 2 N–H and O–H groups in total. The first-order chi connectivity index (χ1) is 8.98. The zero-order chi connectivity index (χ0) is 13.9. The lowest BCUT2D eigenvalue weighted by Crippen LogP contribution is -2.20. The fourth-order valence-electron chi connectivity index (χ4n) is 2.22. The standard InChI is InChI=1S/C14H22N2O2S/c1-11(2)8-10-19(17,18)16-14-7-3-6-13-12(14)5-4-9-15-13/h3,6-7,11,15-16H,4-5,8-10H2,1-2H3. The molecule has 1 aromatic rings. The van der Waals surface area contributed by atoms with Crippen LogP contribution in [0.15, 0.2) is 18.2 Å². The Labute approximate surface area is 115 Å². The molecule has 0 aromatic heterocycles. The van der Waals surface area contributed by atoms with Gasteiger partial charge in [-0.2, -0.15) is 0 Å². The Hall–Kier alpha value is -1.23. The van der Waals surface area contributed by atoms with Crippen LogP contribution in [0.25, 0.3) is 0 Å². The molecular formula is C14H22N2O2S. The zero-order valence-corrected chi connectivity index (χ0v) is 12.4. The molecule has 0 unspecified atom stereocenters. The number of hydrogen-bond donors (Lipinski definition) is 2. The van der Waals surface area contributed by atoms with E-state index in [-0.39, 0.29) is 5.75 Å². The van der Waals surface area contributed by atoms with Crippen LogP contribution in [-0.4, -0.2) is 20.7 Å². The lowest BCUT2D eigenvalue weighted by molar-refractivity contribution is 0.578. The smallest absolute Gasteiger partial charge is 0.232 e. The maximum atomic E-state index is 12.1. The van der Waals surface area contributed by atoms with Crippen LogP contribution in [0, 0.1) is 5.92 Å². The van der Waals surface area contributed by atoms with E-state index in [0.717, 1.165) is 36.3 Å². The normalized spacial score (nSPS) is 14.9. The third kappa shape index (κ3) is 3.86. The lowest BCUT2D eigenvalue weighted by Gasteiger charge is -2.21. The number of sulfonamides is 1. The predicted molar refractivity (Wildman–Crippen MR) is 80.1 cm³/mol. The second-order valence-corrected chi connectivity index (χ2v) is 7.31. The number of benzene rings is 1. The van der Waals surface area contributed by atoms with Crippen LogP contribution in [0.5, 0.6) is 0 Å². The average molecular weight is 282 g/mol. The molecule has 1 heterocycles. The molecule has 0 amide bonds. The van der Waals surface area contributed by atoms with E-state index in [1.165, 1.54) is 0 Å². The van der Waals surface area contributed by atoms with E-state index >= 15 is 0 Å². The fourth-order valence-corrected chi connectivity index (χ4v) is 3.63. The summed E-state index contributed by atoms with van der Waals surface area (Å²) in [5.74, 6) is 0.574. The van der Waals surface area contributed by atoms with Gasteiger partial charge in [0.25, 0.3) is 0 Å². The molecular weight excluding hydrogens is 260 g/mol. The van der Waals surface area contributed by atoms with Gasteiger partial charge in [0.1, 0.15) is 0 Å². The second-order valence-electron chi connectivity index (χ2n) is 5.47. The van der Waals surface area contributed by atoms with Crippen LogP contribution >= 0.6 is 0 Å². The second kappa shape index (κ2) is 5.82. The quantitative estimate of drug-likeness (QED) is 0.873. The van der Waals surface area contributed by atoms with Crippen molar-refractivity contribution in [3.8, 4) is 0 Å². The van der Waals surface area contributed by atoms with Crippen LogP contribution in [0.3, 0.4) is 0 Å². The maximum absolute atomic E-state index is 12.1. The van der Waals surface area contributed by atoms with Crippen LogP contribution in [0.1, 0.15) is 32.3 Å². The predicted octanol–water partition coefficient (Wildman–Crippen LogP) is 2.83. The molecule has 2 rings (SSSR count). The first kappa shape index (κ1) is 14.2. The van der Waals surface area contributed by atoms with Gasteiger partial charge in [-0.1, -0.05) is 19.9 Å². The Morgan fingerprint density at radius 3 is 2.89 bits per heavy atom. The van der Waals surface area contributed by atoms with Gasteiger partial charge in [-0.25, -0.2) is 8.42 Å². The monoisotopic (exact) mass is 282 g/mol. The molecule has 4 nitrogen and oxygen atoms in total.